The first-order valence-corrected chi connectivity index (χ1v) is 14.8. The number of methoxy groups -OCH3 is 1. The van der Waals surface area contributed by atoms with Gasteiger partial charge < -0.3 is 29.4 Å². The summed E-state index contributed by atoms with van der Waals surface area (Å²) in [6.07, 6.45) is 3.22. The van der Waals surface area contributed by atoms with Crippen LogP contribution in [0.2, 0.25) is 0 Å². The number of nitrogen functional groups attached to an aromatic ring is 1. The first-order valence-electron chi connectivity index (χ1n) is 14.8. The molecule has 0 bridgehead atoms. The van der Waals surface area contributed by atoms with Gasteiger partial charge >= 0.3 is 0 Å². The van der Waals surface area contributed by atoms with E-state index in [2.05, 4.69) is 44.1 Å². The van der Waals surface area contributed by atoms with E-state index in [1.54, 1.807) is 36.4 Å². The number of carbonyl (C=O) groups excluding carboxylic acids is 1. The van der Waals surface area contributed by atoms with Crippen molar-refractivity contribution in [2.75, 3.05) is 50.6 Å². The highest BCUT2D eigenvalue weighted by molar-refractivity contribution is 5.92. The molecule has 2 aromatic carbocycles. The molecule has 2 N–H and O–H groups in total. The van der Waals surface area contributed by atoms with Crippen molar-refractivity contribution in [3.8, 4) is 17.3 Å². The zero-order chi connectivity index (χ0) is 30.9. The molecule has 13 nitrogen and oxygen atoms in total. The van der Waals surface area contributed by atoms with Crippen LogP contribution >= 0.6 is 0 Å². The van der Waals surface area contributed by atoms with Crippen molar-refractivity contribution in [1.29, 1.82) is 0 Å². The third-order valence-electron chi connectivity index (χ3n) is 8.05. The Morgan fingerprint density at radius 3 is 2.58 bits per heavy atom. The topological polar surface area (TPSA) is 142 Å². The molecule has 1 saturated heterocycles. The average molecular weight is 608 g/mol. The number of benzene rings is 2. The lowest BCUT2D eigenvalue weighted by molar-refractivity contribution is -0.134. The standard InChI is InChI=1S/C32H33N9O4/c1-21-20-38(14-15-39(21)23-10-12-24(13-11-23)44-18-17-43-2)31(42)27(22-7-4-3-5-8-22)40-30-25(19-34-40)29-35-28(26-9-6-16-45-26)37-41(29)32(33)36-30/h3-13,16,19,21,27H,14-15,17-18,20H2,1-2H3,(H2,33,36)/t21-,27-/m0/s1. The minimum absolute atomic E-state index is 0.0717. The Labute approximate surface area is 258 Å². The van der Waals surface area contributed by atoms with Crippen LogP contribution in [0.15, 0.2) is 83.6 Å². The zero-order valence-corrected chi connectivity index (χ0v) is 25.0. The SMILES string of the molecule is COCCOc1ccc(N2CCN(C(=O)[C@H](c3ccccc3)n3ncc4c3nc(N)n3nc(-c5ccco5)nc43)C[C@@H]2C)cc1. The Balaban J connectivity index is 1.18. The zero-order valence-electron chi connectivity index (χ0n) is 25.0. The van der Waals surface area contributed by atoms with E-state index in [4.69, 9.17) is 19.6 Å². The van der Waals surface area contributed by atoms with Crippen LogP contribution in [0.3, 0.4) is 0 Å². The molecule has 4 aromatic heterocycles. The monoisotopic (exact) mass is 607 g/mol. The van der Waals surface area contributed by atoms with Crippen LogP contribution in [-0.4, -0.2) is 86.2 Å². The third-order valence-corrected chi connectivity index (χ3v) is 8.05. The molecule has 0 unspecified atom stereocenters. The minimum Gasteiger partial charge on any atom is -0.491 e. The summed E-state index contributed by atoms with van der Waals surface area (Å²) >= 11 is 0. The van der Waals surface area contributed by atoms with Crippen molar-refractivity contribution >= 4 is 34.2 Å². The van der Waals surface area contributed by atoms with Gasteiger partial charge in [-0.15, -0.1) is 5.10 Å². The van der Waals surface area contributed by atoms with Gasteiger partial charge in [0.2, 0.25) is 11.8 Å². The van der Waals surface area contributed by atoms with Gasteiger partial charge in [-0.1, -0.05) is 30.3 Å². The number of hydrogen-bond donors (Lipinski definition) is 1. The van der Waals surface area contributed by atoms with Crippen molar-refractivity contribution in [3.05, 3.63) is 84.8 Å². The summed E-state index contributed by atoms with van der Waals surface area (Å²) in [6, 6.07) is 20.5. The number of anilines is 2. The van der Waals surface area contributed by atoms with E-state index in [9.17, 15) is 4.79 Å². The number of furan rings is 1. The molecule has 2 atom stereocenters. The third kappa shape index (κ3) is 5.31. The van der Waals surface area contributed by atoms with Crippen molar-refractivity contribution in [2.24, 2.45) is 0 Å². The highest BCUT2D eigenvalue weighted by Crippen LogP contribution is 2.30. The van der Waals surface area contributed by atoms with E-state index in [0.717, 1.165) is 17.0 Å². The normalized spacial score (nSPS) is 16.0. The molecule has 0 radical (unpaired) electrons. The highest BCUT2D eigenvalue weighted by atomic mass is 16.5. The number of nitrogens with two attached hydrogens (primary N) is 1. The summed E-state index contributed by atoms with van der Waals surface area (Å²) < 4.78 is 19.4. The van der Waals surface area contributed by atoms with Gasteiger partial charge in [0, 0.05) is 38.5 Å². The van der Waals surface area contributed by atoms with Crippen LogP contribution < -0.4 is 15.4 Å². The molecular weight excluding hydrogens is 574 g/mol. The van der Waals surface area contributed by atoms with E-state index in [1.807, 2.05) is 47.4 Å². The van der Waals surface area contributed by atoms with E-state index >= 15 is 0 Å². The lowest BCUT2D eigenvalue weighted by Crippen LogP contribution is -2.55. The molecule has 1 amide bonds. The quantitative estimate of drug-likeness (QED) is 0.242. The maximum absolute atomic E-state index is 14.4. The Morgan fingerprint density at radius 2 is 1.84 bits per heavy atom. The Kier molecular flexibility index (Phi) is 7.51. The minimum atomic E-state index is -0.757. The van der Waals surface area contributed by atoms with Crippen LogP contribution in [-0.2, 0) is 9.53 Å². The van der Waals surface area contributed by atoms with Gasteiger partial charge in [0.1, 0.15) is 12.4 Å². The fourth-order valence-electron chi connectivity index (χ4n) is 5.84. The van der Waals surface area contributed by atoms with Gasteiger partial charge in [-0.25, -0.2) is 9.67 Å². The maximum atomic E-state index is 14.4. The van der Waals surface area contributed by atoms with Gasteiger partial charge in [-0.05, 0) is 48.9 Å². The molecule has 6 aromatic rings. The molecule has 0 saturated carbocycles. The fraction of sp³-hybridized carbons (Fsp3) is 0.281. The number of rotatable bonds is 9. The molecule has 0 aliphatic carbocycles. The number of aromatic nitrogens is 6. The smallest absolute Gasteiger partial charge is 0.252 e. The second-order valence-corrected chi connectivity index (χ2v) is 10.9. The van der Waals surface area contributed by atoms with Gasteiger partial charge in [-0.3, -0.25) is 4.79 Å². The number of hydrogen-bond acceptors (Lipinski definition) is 10. The number of fused-ring (bicyclic) bond motifs is 3. The number of piperazine rings is 1. The molecule has 1 fully saturated rings. The highest BCUT2D eigenvalue weighted by Gasteiger charge is 2.34. The van der Waals surface area contributed by atoms with Crippen molar-refractivity contribution in [1.82, 2.24) is 34.3 Å². The molecule has 45 heavy (non-hydrogen) atoms. The lowest BCUT2D eigenvalue weighted by Gasteiger charge is -2.42. The number of amides is 1. The summed E-state index contributed by atoms with van der Waals surface area (Å²) in [5.74, 6) is 1.74. The Morgan fingerprint density at radius 1 is 1.02 bits per heavy atom. The molecule has 13 heteroatoms. The number of nitrogens with zero attached hydrogens (tertiary/aromatic N) is 8. The van der Waals surface area contributed by atoms with Gasteiger partial charge in [-0.2, -0.15) is 14.6 Å². The number of ether oxygens (including phenoxy) is 2. The van der Waals surface area contributed by atoms with E-state index < -0.39 is 6.04 Å². The van der Waals surface area contributed by atoms with E-state index in [1.165, 1.54) is 4.52 Å². The molecule has 7 rings (SSSR count). The van der Waals surface area contributed by atoms with Crippen LogP contribution in [0, 0.1) is 0 Å². The molecule has 1 aliphatic rings. The summed E-state index contributed by atoms with van der Waals surface area (Å²) in [4.78, 5) is 27.9. The molecule has 0 spiro atoms. The number of carbonyl (C=O) groups is 1. The maximum Gasteiger partial charge on any atom is 0.252 e. The van der Waals surface area contributed by atoms with Gasteiger partial charge in [0.15, 0.2) is 23.1 Å². The molecule has 5 heterocycles. The fourth-order valence-corrected chi connectivity index (χ4v) is 5.84. The lowest BCUT2D eigenvalue weighted by atomic mass is 10.0. The van der Waals surface area contributed by atoms with Crippen LogP contribution in [0.4, 0.5) is 11.6 Å². The Hall–Kier alpha value is -5.43. The van der Waals surface area contributed by atoms with Gasteiger partial charge in [0.05, 0.1) is 24.5 Å². The summed E-state index contributed by atoms with van der Waals surface area (Å²) in [5, 5.41) is 9.79. The first kappa shape index (κ1) is 28.3. The van der Waals surface area contributed by atoms with Crippen molar-refractivity contribution < 1.29 is 18.7 Å². The predicted octanol–water partition coefficient (Wildman–Crippen LogP) is 3.67. The van der Waals surface area contributed by atoms with Crippen LogP contribution in [0.5, 0.6) is 5.75 Å². The summed E-state index contributed by atoms with van der Waals surface area (Å²) in [5.41, 5.74) is 9.17. The van der Waals surface area contributed by atoms with E-state index in [0.29, 0.717) is 61.1 Å². The Bertz CT molecular complexity index is 1920. The summed E-state index contributed by atoms with van der Waals surface area (Å²) in [6.45, 7) is 4.94. The van der Waals surface area contributed by atoms with Crippen LogP contribution in [0.1, 0.15) is 18.5 Å². The molecular formula is C32H33N9O4. The van der Waals surface area contributed by atoms with Crippen molar-refractivity contribution in [3.63, 3.8) is 0 Å². The van der Waals surface area contributed by atoms with Crippen LogP contribution in [0.25, 0.3) is 28.3 Å². The van der Waals surface area contributed by atoms with E-state index in [-0.39, 0.29) is 17.9 Å². The average Bonchev–Trinajstić information content (AvgIpc) is 3.83. The second kappa shape index (κ2) is 11.9. The first-order chi connectivity index (χ1) is 22.0. The van der Waals surface area contributed by atoms with Crippen molar-refractivity contribution in [2.45, 2.75) is 19.0 Å². The second-order valence-electron chi connectivity index (χ2n) is 10.9. The summed E-state index contributed by atoms with van der Waals surface area (Å²) in [7, 11) is 1.65. The largest absolute Gasteiger partial charge is 0.491 e. The molecule has 1 aliphatic heterocycles. The van der Waals surface area contributed by atoms with Gasteiger partial charge in [0.25, 0.3) is 5.91 Å². The molecule has 230 valence electrons. The predicted molar refractivity (Wildman–Crippen MR) is 168 cm³/mol.